The summed E-state index contributed by atoms with van der Waals surface area (Å²) in [6.45, 7) is 0. The molecular formula is C60H38N8. The van der Waals surface area contributed by atoms with Gasteiger partial charge >= 0.3 is 0 Å². The molecule has 0 bridgehead atoms. The van der Waals surface area contributed by atoms with Gasteiger partial charge in [-0.15, -0.1) is 0 Å². The Morgan fingerprint density at radius 2 is 0.676 bits per heavy atom. The smallest absolute Gasteiger partial charge is 0.238 e. The van der Waals surface area contributed by atoms with Gasteiger partial charge in [0.1, 0.15) is 0 Å². The predicted octanol–water partition coefficient (Wildman–Crippen LogP) is 14.3. The molecule has 13 rings (SSSR count). The summed E-state index contributed by atoms with van der Waals surface area (Å²) >= 11 is 0. The SMILES string of the molecule is c1ccc(-c2cccc(-n3c4ccccc4c4c3ccc3c5ccccc5n(-c5nc(-c6ccccc6)nc(-c6cccc(-c7nc(-c8ccccc8)nc(-c8ccccc8)n7)c6)n5)c34)c2)cc1. The van der Waals surface area contributed by atoms with E-state index in [1.807, 2.05) is 109 Å². The predicted molar refractivity (Wildman–Crippen MR) is 275 cm³/mol. The first-order chi connectivity index (χ1) is 33.7. The van der Waals surface area contributed by atoms with Gasteiger partial charge in [-0.3, -0.25) is 4.57 Å². The molecule has 0 saturated heterocycles. The first-order valence-corrected chi connectivity index (χ1v) is 22.6. The Kier molecular flexibility index (Phi) is 9.31. The van der Waals surface area contributed by atoms with Crippen molar-refractivity contribution in [2.24, 2.45) is 0 Å². The van der Waals surface area contributed by atoms with E-state index in [1.165, 1.54) is 5.56 Å². The van der Waals surface area contributed by atoms with Crippen LogP contribution in [0.15, 0.2) is 231 Å². The van der Waals surface area contributed by atoms with Crippen LogP contribution in [0.5, 0.6) is 0 Å². The fourth-order valence-corrected chi connectivity index (χ4v) is 9.49. The van der Waals surface area contributed by atoms with Crippen LogP contribution < -0.4 is 0 Å². The van der Waals surface area contributed by atoms with Gasteiger partial charge in [0.25, 0.3) is 0 Å². The van der Waals surface area contributed by atoms with Crippen LogP contribution in [0.3, 0.4) is 0 Å². The highest BCUT2D eigenvalue weighted by Gasteiger charge is 2.24. The Bertz CT molecular complexity index is 3960. The highest BCUT2D eigenvalue weighted by atomic mass is 15.2. The van der Waals surface area contributed by atoms with Gasteiger partial charge in [0, 0.05) is 55.0 Å². The van der Waals surface area contributed by atoms with E-state index in [9.17, 15) is 0 Å². The molecule has 8 heteroatoms. The van der Waals surface area contributed by atoms with E-state index >= 15 is 0 Å². The van der Waals surface area contributed by atoms with Crippen LogP contribution in [0.4, 0.5) is 0 Å². The number of aromatic nitrogens is 8. The standard InChI is InChI=1S/C60H38N8/c1-5-19-39(20-6-1)43-27-18-30-46(38-43)67-51-34-16-14-32-49(51)53-52(67)36-35-48-47-31-13-15-33-50(47)68(54(48)53)60-65-57(42-25-11-4-12-26-42)64-59(66-60)45-29-17-28-44(37-45)58-62-55(40-21-7-2-8-22-40)61-56(63-58)41-23-9-3-10-24-41/h1-38H. The molecule has 9 aromatic carbocycles. The number of fused-ring (bicyclic) bond motifs is 7. The molecule has 68 heavy (non-hydrogen) atoms. The Hall–Kier alpha value is -9.40. The molecule has 0 atom stereocenters. The minimum Gasteiger partial charge on any atom is -0.309 e. The van der Waals surface area contributed by atoms with E-state index in [2.05, 4.69) is 130 Å². The van der Waals surface area contributed by atoms with Gasteiger partial charge in [0.15, 0.2) is 29.1 Å². The van der Waals surface area contributed by atoms with Crippen molar-refractivity contribution in [2.75, 3.05) is 0 Å². The van der Waals surface area contributed by atoms with Crippen molar-refractivity contribution in [2.45, 2.75) is 0 Å². The number of hydrogen-bond donors (Lipinski definition) is 0. The molecule has 4 heterocycles. The quantitative estimate of drug-likeness (QED) is 0.151. The summed E-state index contributed by atoms with van der Waals surface area (Å²) in [5.74, 6) is 3.33. The lowest BCUT2D eigenvalue weighted by molar-refractivity contribution is 0.955. The average Bonchev–Trinajstić information content (AvgIpc) is 3.95. The van der Waals surface area contributed by atoms with Gasteiger partial charge in [-0.25, -0.2) is 19.9 Å². The molecule has 318 valence electrons. The van der Waals surface area contributed by atoms with Gasteiger partial charge in [-0.05, 0) is 47.5 Å². The van der Waals surface area contributed by atoms with Crippen LogP contribution >= 0.6 is 0 Å². The number of para-hydroxylation sites is 2. The molecule has 0 aliphatic heterocycles. The monoisotopic (exact) mass is 870 g/mol. The summed E-state index contributed by atoms with van der Waals surface area (Å²) in [5, 5.41) is 4.46. The van der Waals surface area contributed by atoms with Crippen molar-refractivity contribution < 1.29 is 0 Å². The lowest BCUT2D eigenvalue weighted by Crippen LogP contribution is -2.06. The zero-order valence-corrected chi connectivity index (χ0v) is 36.5. The molecule has 0 saturated carbocycles. The van der Waals surface area contributed by atoms with Crippen LogP contribution in [0.1, 0.15) is 0 Å². The Balaban J connectivity index is 1.04. The van der Waals surface area contributed by atoms with E-state index in [0.29, 0.717) is 35.1 Å². The highest BCUT2D eigenvalue weighted by molar-refractivity contribution is 6.26. The van der Waals surface area contributed by atoms with Crippen LogP contribution in [-0.2, 0) is 0 Å². The van der Waals surface area contributed by atoms with E-state index < -0.39 is 0 Å². The van der Waals surface area contributed by atoms with Gasteiger partial charge in [0.05, 0.1) is 22.1 Å². The number of rotatable bonds is 8. The molecule has 0 unspecified atom stereocenters. The van der Waals surface area contributed by atoms with Crippen LogP contribution in [0.2, 0.25) is 0 Å². The normalized spacial score (nSPS) is 11.5. The second-order valence-corrected chi connectivity index (χ2v) is 16.7. The fraction of sp³-hybridized carbons (Fsp3) is 0. The van der Waals surface area contributed by atoms with Crippen molar-refractivity contribution in [1.82, 2.24) is 39.0 Å². The zero-order chi connectivity index (χ0) is 45.0. The molecule has 0 radical (unpaired) electrons. The van der Waals surface area contributed by atoms with Gasteiger partial charge in [-0.1, -0.05) is 194 Å². The summed E-state index contributed by atoms with van der Waals surface area (Å²) in [6.07, 6.45) is 0. The second-order valence-electron chi connectivity index (χ2n) is 16.7. The highest BCUT2D eigenvalue weighted by Crippen LogP contribution is 2.42. The molecule has 4 aromatic heterocycles. The minimum atomic E-state index is 0.513. The van der Waals surface area contributed by atoms with E-state index in [-0.39, 0.29) is 0 Å². The van der Waals surface area contributed by atoms with Crippen molar-refractivity contribution in [3.63, 3.8) is 0 Å². The molecule has 8 nitrogen and oxygen atoms in total. The summed E-state index contributed by atoms with van der Waals surface area (Å²) in [5.41, 5.74) is 11.9. The first-order valence-electron chi connectivity index (χ1n) is 22.6. The maximum Gasteiger partial charge on any atom is 0.238 e. The molecule has 0 N–H and O–H groups in total. The fourth-order valence-electron chi connectivity index (χ4n) is 9.49. The lowest BCUT2D eigenvalue weighted by atomic mass is 10.1. The summed E-state index contributed by atoms with van der Waals surface area (Å²) in [6, 6.07) is 79.4. The van der Waals surface area contributed by atoms with Crippen LogP contribution in [0, 0.1) is 0 Å². The Morgan fingerprint density at radius 1 is 0.250 bits per heavy atom. The largest absolute Gasteiger partial charge is 0.309 e. The third kappa shape index (κ3) is 6.70. The van der Waals surface area contributed by atoms with Crippen molar-refractivity contribution in [3.8, 4) is 79.7 Å². The third-order valence-electron chi connectivity index (χ3n) is 12.6. The first kappa shape index (κ1) is 39.0. The Morgan fingerprint density at radius 3 is 1.26 bits per heavy atom. The molecule has 0 spiro atoms. The number of nitrogens with zero attached hydrogens (tertiary/aromatic N) is 8. The maximum atomic E-state index is 5.41. The third-order valence-corrected chi connectivity index (χ3v) is 12.6. The van der Waals surface area contributed by atoms with Crippen LogP contribution in [-0.4, -0.2) is 39.0 Å². The minimum absolute atomic E-state index is 0.513. The molecule has 0 aliphatic carbocycles. The van der Waals surface area contributed by atoms with Crippen LogP contribution in [0.25, 0.3) is 123 Å². The molecule has 0 amide bonds. The van der Waals surface area contributed by atoms with E-state index in [0.717, 1.165) is 82.7 Å². The lowest BCUT2D eigenvalue weighted by Gasteiger charge is -2.13. The molecule has 0 aliphatic rings. The zero-order valence-electron chi connectivity index (χ0n) is 36.5. The van der Waals surface area contributed by atoms with E-state index in [1.54, 1.807) is 0 Å². The van der Waals surface area contributed by atoms with Gasteiger partial charge in [-0.2, -0.15) is 9.97 Å². The maximum absolute atomic E-state index is 5.41. The second kappa shape index (κ2) is 16.2. The summed E-state index contributed by atoms with van der Waals surface area (Å²) < 4.78 is 4.61. The van der Waals surface area contributed by atoms with Crippen molar-refractivity contribution in [3.05, 3.63) is 231 Å². The number of benzene rings is 9. The molecular weight excluding hydrogens is 833 g/mol. The topological polar surface area (TPSA) is 87.2 Å². The molecule has 13 aromatic rings. The van der Waals surface area contributed by atoms with Gasteiger partial charge < -0.3 is 4.57 Å². The van der Waals surface area contributed by atoms with Crippen molar-refractivity contribution >= 4 is 43.6 Å². The van der Waals surface area contributed by atoms with Gasteiger partial charge in [0.2, 0.25) is 5.95 Å². The average molecular weight is 871 g/mol. The number of hydrogen-bond acceptors (Lipinski definition) is 6. The van der Waals surface area contributed by atoms with Crippen molar-refractivity contribution in [1.29, 1.82) is 0 Å². The summed E-state index contributed by atoms with van der Waals surface area (Å²) in [4.78, 5) is 31.0. The molecule has 0 fully saturated rings. The van der Waals surface area contributed by atoms with E-state index in [4.69, 9.17) is 29.9 Å². The summed E-state index contributed by atoms with van der Waals surface area (Å²) in [7, 11) is 0. The Labute approximate surface area is 391 Å².